The van der Waals surface area contributed by atoms with Gasteiger partial charge in [-0.05, 0) is 60.3 Å². The van der Waals surface area contributed by atoms with E-state index in [4.69, 9.17) is 4.74 Å². The molecule has 0 radical (unpaired) electrons. The van der Waals surface area contributed by atoms with Crippen LogP contribution < -0.4 is 15.5 Å². The molecule has 0 fully saturated rings. The summed E-state index contributed by atoms with van der Waals surface area (Å²) in [5, 5.41) is 8.85. The van der Waals surface area contributed by atoms with Crippen LogP contribution in [0.3, 0.4) is 0 Å². The number of hydrogen-bond acceptors (Lipinski definition) is 5. The van der Waals surface area contributed by atoms with Crippen molar-refractivity contribution in [1.29, 1.82) is 0 Å². The van der Waals surface area contributed by atoms with E-state index >= 15 is 0 Å². The summed E-state index contributed by atoms with van der Waals surface area (Å²) in [4.78, 5) is 24.9. The molecular formula is C21H19N3O3S. The number of anilines is 1. The van der Waals surface area contributed by atoms with E-state index in [1.54, 1.807) is 56.5 Å². The van der Waals surface area contributed by atoms with Crippen molar-refractivity contribution in [2.24, 2.45) is 5.10 Å². The standard InChI is InChI=1S/C21H19N3O3S/c1-14(23-24-20(25)16-7-11-18(27-2)12-8-16)15-5-9-17(10-6-15)22-21(26)19-4-3-13-28-19/h3-13H,1-2H3,(H,22,26)(H,24,25)/b23-14+. The molecule has 2 aromatic carbocycles. The van der Waals surface area contributed by atoms with Crippen LogP contribution in [-0.2, 0) is 0 Å². The maximum Gasteiger partial charge on any atom is 0.271 e. The predicted molar refractivity (Wildman–Crippen MR) is 111 cm³/mol. The Morgan fingerprint density at radius 2 is 1.61 bits per heavy atom. The zero-order chi connectivity index (χ0) is 19.9. The zero-order valence-corrected chi connectivity index (χ0v) is 16.2. The monoisotopic (exact) mass is 393 g/mol. The van der Waals surface area contributed by atoms with Gasteiger partial charge in [0.2, 0.25) is 0 Å². The van der Waals surface area contributed by atoms with Gasteiger partial charge in [0, 0.05) is 11.3 Å². The lowest BCUT2D eigenvalue weighted by Crippen LogP contribution is -2.19. The molecule has 3 rings (SSSR count). The lowest BCUT2D eigenvalue weighted by Gasteiger charge is -2.06. The summed E-state index contributed by atoms with van der Waals surface area (Å²) in [5.41, 5.74) is 5.21. The Bertz CT molecular complexity index is 979. The number of ether oxygens (including phenoxy) is 1. The van der Waals surface area contributed by atoms with Crippen LogP contribution in [0.2, 0.25) is 0 Å². The molecule has 6 nitrogen and oxygen atoms in total. The Morgan fingerprint density at radius 3 is 2.21 bits per heavy atom. The van der Waals surface area contributed by atoms with Crippen LogP contribution in [0, 0.1) is 0 Å². The van der Waals surface area contributed by atoms with Crippen molar-refractivity contribution in [2.75, 3.05) is 12.4 Å². The fraction of sp³-hybridized carbons (Fsp3) is 0.0952. The maximum atomic E-state index is 12.2. The predicted octanol–water partition coefficient (Wildman–Crippen LogP) is 4.16. The molecule has 1 heterocycles. The van der Waals surface area contributed by atoms with Crippen molar-refractivity contribution in [2.45, 2.75) is 6.92 Å². The molecule has 0 unspecified atom stereocenters. The topological polar surface area (TPSA) is 79.8 Å². The minimum Gasteiger partial charge on any atom is -0.497 e. The van der Waals surface area contributed by atoms with Gasteiger partial charge in [0.15, 0.2) is 0 Å². The van der Waals surface area contributed by atoms with Gasteiger partial charge in [0.1, 0.15) is 5.75 Å². The minimum absolute atomic E-state index is 0.139. The highest BCUT2D eigenvalue weighted by Gasteiger charge is 2.08. The molecule has 0 bridgehead atoms. The molecule has 142 valence electrons. The first-order chi connectivity index (χ1) is 13.6. The third-order valence-electron chi connectivity index (χ3n) is 3.98. The third kappa shape index (κ3) is 4.83. The molecule has 0 atom stereocenters. The van der Waals surface area contributed by atoms with Crippen LogP contribution in [0.5, 0.6) is 5.75 Å². The summed E-state index contributed by atoms with van der Waals surface area (Å²) in [5.74, 6) is 0.240. The minimum atomic E-state index is -0.304. The van der Waals surface area contributed by atoms with Gasteiger partial charge in [-0.15, -0.1) is 11.3 Å². The normalized spacial score (nSPS) is 11.0. The Kier molecular flexibility index (Phi) is 6.18. The number of methoxy groups -OCH3 is 1. The molecule has 2 N–H and O–H groups in total. The number of thiophene rings is 1. The second kappa shape index (κ2) is 8.96. The van der Waals surface area contributed by atoms with Crippen molar-refractivity contribution in [3.8, 4) is 5.75 Å². The number of nitrogens with zero attached hydrogens (tertiary/aromatic N) is 1. The van der Waals surface area contributed by atoms with Gasteiger partial charge in [0.25, 0.3) is 11.8 Å². The number of carbonyl (C=O) groups excluding carboxylic acids is 2. The van der Waals surface area contributed by atoms with Crippen LogP contribution in [0.15, 0.2) is 71.1 Å². The Labute approximate surface area is 166 Å². The van der Waals surface area contributed by atoms with Crippen molar-refractivity contribution >= 4 is 34.6 Å². The molecule has 0 aliphatic heterocycles. The van der Waals surface area contributed by atoms with Gasteiger partial charge >= 0.3 is 0 Å². The van der Waals surface area contributed by atoms with Gasteiger partial charge in [-0.2, -0.15) is 5.10 Å². The van der Waals surface area contributed by atoms with Crippen molar-refractivity contribution in [3.63, 3.8) is 0 Å². The summed E-state index contributed by atoms with van der Waals surface area (Å²) >= 11 is 1.39. The molecule has 7 heteroatoms. The number of amides is 2. The number of hydrogen-bond donors (Lipinski definition) is 2. The highest BCUT2D eigenvalue weighted by molar-refractivity contribution is 7.12. The molecule has 3 aromatic rings. The van der Waals surface area contributed by atoms with Crippen molar-refractivity contribution in [1.82, 2.24) is 5.43 Å². The largest absolute Gasteiger partial charge is 0.497 e. The van der Waals surface area contributed by atoms with Crippen LogP contribution in [-0.4, -0.2) is 24.6 Å². The van der Waals surface area contributed by atoms with E-state index in [0.717, 1.165) is 5.56 Å². The molecule has 28 heavy (non-hydrogen) atoms. The second-order valence-corrected chi connectivity index (χ2v) is 6.82. The number of hydrazone groups is 1. The molecule has 0 spiro atoms. The van der Waals surface area contributed by atoms with Crippen molar-refractivity contribution < 1.29 is 14.3 Å². The van der Waals surface area contributed by atoms with Gasteiger partial charge in [-0.25, -0.2) is 5.43 Å². The van der Waals surface area contributed by atoms with Crippen LogP contribution >= 0.6 is 11.3 Å². The number of nitrogens with one attached hydrogen (secondary N) is 2. The summed E-state index contributed by atoms with van der Waals surface area (Å²) in [7, 11) is 1.57. The zero-order valence-electron chi connectivity index (χ0n) is 15.4. The van der Waals surface area contributed by atoms with E-state index in [1.165, 1.54) is 11.3 Å². The maximum absolute atomic E-state index is 12.2. The number of carbonyl (C=O) groups is 2. The summed E-state index contributed by atoms with van der Waals surface area (Å²) in [6, 6.07) is 17.7. The third-order valence-corrected chi connectivity index (χ3v) is 4.85. The lowest BCUT2D eigenvalue weighted by atomic mass is 10.1. The van der Waals surface area contributed by atoms with Gasteiger partial charge in [-0.1, -0.05) is 18.2 Å². The van der Waals surface area contributed by atoms with E-state index in [2.05, 4.69) is 15.8 Å². The Balaban J connectivity index is 1.60. The van der Waals surface area contributed by atoms with E-state index < -0.39 is 0 Å². The summed E-state index contributed by atoms with van der Waals surface area (Å²) < 4.78 is 5.07. The first-order valence-corrected chi connectivity index (χ1v) is 9.39. The first-order valence-electron chi connectivity index (χ1n) is 8.51. The van der Waals surface area contributed by atoms with E-state index in [1.807, 2.05) is 23.6 Å². The Hall–Kier alpha value is -3.45. The first kappa shape index (κ1) is 19.3. The van der Waals surface area contributed by atoms with Crippen molar-refractivity contribution in [3.05, 3.63) is 82.0 Å². The molecule has 0 saturated carbocycles. The molecule has 1 aromatic heterocycles. The highest BCUT2D eigenvalue weighted by Crippen LogP contribution is 2.15. The average molecular weight is 393 g/mol. The quantitative estimate of drug-likeness (QED) is 0.487. The van der Waals surface area contributed by atoms with Crippen LogP contribution in [0.4, 0.5) is 5.69 Å². The molecular weight excluding hydrogens is 374 g/mol. The Morgan fingerprint density at radius 1 is 0.929 bits per heavy atom. The molecule has 0 aliphatic rings. The molecule has 0 aliphatic carbocycles. The lowest BCUT2D eigenvalue weighted by molar-refractivity contribution is 0.0954. The highest BCUT2D eigenvalue weighted by atomic mass is 32.1. The van der Waals surface area contributed by atoms with Crippen LogP contribution in [0.1, 0.15) is 32.5 Å². The number of benzene rings is 2. The van der Waals surface area contributed by atoms with Gasteiger partial charge < -0.3 is 10.1 Å². The summed E-state index contributed by atoms with van der Waals surface area (Å²) in [6.07, 6.45) is 0. The fourth-order valence-corrected chi connectivity index (χ4v) is 3.02. The van der Waals surface area contributed by atoms with E-state index in [-0.39, 0.29) is 11.8 Å². The molecule has 2 amide bonds. The van der Waals surface area contributed by atoms with Gasteiger partial charge in [-0.3, -0.25) is 9.59 Å². The number of rotatable bonds is 6. The SMILES string of the molecule is COc1ccc(C(=O)N/N=C(\C)c2ccc(NC(=O)c3cccs3)cc2)cc1. The van der Waals surface area contributed by atoms with E-state index in [9.17, 15) is 9.59 Å². The van der Waals surface area contributed by atoms with E-state index in [0.29, 0.717) is 27.6 Å². The van der Waals surface area contributed by atoms with Gasteiger partial charge in [0.05, 0.1) is 17.7 Å². The average Bonchev–Trinajstić information content (AvgIpc) is 3.27. The fourth-order valence-electron chi connectivity index (χ4n) is 2.40. The molecule has 0 saturated heterocycles. The second-order valence-electron chi connectivity index (χ2n) is 5.88. The smallest absolute Gasteiger partial charge is 0.271 e. The van der Waals surface area contributed by atoms with Crippen LogP contribution in [0.25, 0.3) is 0 Å². The summed E-state index contributed by atoms with van der Waals surface area (Å²) in [6.45, 7) is 1.80.